The molecule has 0 amide bonds. The number of esters is 1. The minimum absolute atomic E-state index is 0.197. The van der Waals surface area contributed by atoms with Gasteiger partial charge in [0.2, 0.25) is 0 Å². The Morgan fingerprint density at radius 1 is 1.23 bits per heavy atom. The zero-order valence-corrected chi connectivity index (χ0v) is 17.6. The minimum Gasteiger partial charge on any atom is -0.508 e. The van der Waals surface area contributed by atoms with Crippen molar-refractivity contribution in [1.29, 1.82) is 0 Å². The Labute approximate surface area is 177 Å². The first-order chi connectivity index (χ1) is 14.5. The van der Waals surface area contributed by atoms with E-state index in [9.17, 15) is 9.90 Å². The molecule has 1 aromatic carbocycles. The first kappa shape index (κ1) is 20.2. The third-order valence-electron chi connectivity index (χ3n) is 5.66. The number of unbranched alkanes of at least 4 members (excludes halogenated alkanes) is 3. The molecule has 5 heteroatoms. The fraction of sp³-hybridized carbons (Fsp3) is 0.360. The Balaban J connectivity index is 1.57. The van der Waals surface area contributed by atoms with Gasteiger partial charge in [-0.05, 0) is 49.5 Å². The number of rotatable bonds is 6. The van der Waals surface area contributed by atoms with Crippen molar-refractivity contribution < 1.29 is 14.6 Å². The Morgan fingerprint density at radius 2 is 2.10 bits per heavy atom. The molecule has 3 heterocycles. The van der Waals surface area contributed by atoms with E-state index >= 15 is 0 Å². The molecule has 0 saturated carbocycles. The van der Waals surface area contributed by atoms with Crippen LogP contribution < -0.4 is 4.74 Å². The van der Waals surface area contributed by atoms with Gasteiger partial charge >= 0.3 is 5.97 Å². The quantitative estimate of drug-likeness (QED) is 0.407. The summed E-state index contributed by atoms with van der Waals surface area (Å²) in [5, 5.41) is 10.4. The topological polar surface area (TPSA) is 64.3 Å². The first-order valence-corrected chi connectivity index (χ1v) is 10.7. The SMILES string of the molecule is CCCCCCc1cc2c(cc1O)OC(=O)C(c1cn3c(n1)CC(C)=CC=C3)=CC2. The zero-order valence-electron chi connectivity index (χ0n) is 17.6. The van der Waals surface area contributed by atoms with Gasteiger partial charge in [0, 0.05) is 24.9 Å². The number of phenolic OH excluding ortho intramolecular Hbond substituents is 1. The second-order valence-corrected chi connectivity index (χ2v) is 8.09. The van der Waals surface area contributed by atoms with Crippen LogP contribution in [0, 0.1) is 0 Å². The van der Waals surface area contributed by atoms with Gasteiger partial charge in [-0.1, -0.05) is 43.9 Å². The Morgan fingerprint density at radius 3 is 2.93 bits per heavy atom. The van der Waals surface area contributed by atoms with Gasteiger partial charge in [-0.3, -0.25) is 0 Å². The third-order valence-corrected chi connectivity index (χ3v) is 5.66. The lowest BCUT2D eigenvalue weighted by Crippen LogP contribution is -2.10. The lowest BCUT2D eigenvalue weighted by atomic mass is 10.00. The summed E-state index contributed by atoms with van der Waals surface area (Å²) in [5.74, 6) is 1.09. The number of aromatic nitrogens is 2. The number of benzene rings is 1. The average Bonchev–Trinajstić information content (AvgIpc) is 2.90. The van der Waals surface area contributed by atoms with E-state index in [2.05, 4.69) is 24.9 Å². The van der Waals surface area contributed by atoms with E-state index in [1.165, 1.54) is 18.4 Å². The van der Waals surface area contributed by atoms with Crippen molar-refractivity contribution in [3.05, 3.63) is 64.8 Å². The Bertz CT molecular complexity index is 1060. The molecule has 2 aromatic rings. The summed E-state index contributed by atoms with van der Waals surface area (Å²) in [4.78, 5) is 17.5. The molecule has 0 fully saturated rings. The van der Waals surface area contributed by atoms with Crippen LogP contribution in [0.2, 0.25) is 0 Å². The first-order valence-electron chi connectivity index (χ1n) is 10.7. The van der Waals surface area contributed by atoms with Gasteiger partial charge in [0.05, 0.1) is 11.3 Å². The predicted octanol–water partition coefficient (Wildman–Crippen LogP) is 5.23. The van der Waals surface area contributed by atoms with E-state index < -0.39 is 5.97 Å². The summed E-state index contributed by atoms with van der Waals surface area (Å²) in [6, 6.07) is 3.56. The zero-order chi connectivity index (χ0) is 21.1. The van der Waals surface area contributed by atoms with Crippen LogP contribution in [0.4, 0.5) is 0 Å². The molecule has 4 rings (SSSR count). The largest absolute Gasteiger partial charge is 0.508 e. The number of fused-ring (bicyclic) bond motifs is 2. The molecule has 0 spiro atoms. The molecule has 2 aliphatic rings. The maximum Gasteiger partial charge on any atom is 0.345 e. The summed E-state index contributed by atoms with van der Waals surface area (Å²) in [6.45, 7) is 4.25. The van der Waals surface area contributed by atoms with Crippen molar-refractivity contribution in [2.75, 3.05) is 0 Å². The number of allylic oxidation sites excluding steroid dienone is 4. The maximum atomic E-state index is 12.8. The van der Waals surface area contributed by atoms with Gasteiger partial charge in [0.25, 0.3) is 0 Å². The predicted molar refractivity (Wildman–Crippen MR) is 118 cm³/mol. The molecule has 0 bridgehead atoms. The lowest BCUT2D eigenvalue weighted by molar-refractivity contribution is -0.127. The summed E-state index contributed by atoms with van der Waals surface area (Å²) in [6.07, 6.45) is 16.5. The van der Waals surface area contributed by atoms with Gasteiger partial charge in [-0.15, -0.1) is 0 Å². The van der Waals surface area contributed by atoms with Crippen LogP contribution in [0.3, 0.4) is 0 Å². The number of carbonyl (C=O) groups is 1. The molecule has 0 unspecified atom stereocenters. The van der Waals surface area contributed by atoms with E-state index in [0.29, 0.717) is 23.4 Å². The molecular weight excluding hydrogens is 376 g/mol. The van der Waals surface area contributed by atoms with Gasteiger partial charge in [-0.2, -0.15) is 0 Å². The molecule has 2 aliphatic heterocycles. The fourth-order valence-electron chi connectivity index (χ4n) is 3.95. The van der Waals surface area contributed by atoms with Crippen molar-refractivity contribution >= 4 is 17.7 Å². The minimum atomic E-state index is -0.437. The molecule has 30 heavy (non-hydrogen) atoms. The van der Waals surface area contributed by atoms with Gasteiger partial charge in [0.15, 0.2) is 0 Å². The monoisotopic (exact) mass is 404 g/mol. The van der Waals surface area contributed by atoms with Crippen molar-refractivity contribution in [2.24, 2.45) is 0 Å². The number of hydrogen-bond donors (Lipinski definition) is 1. The molecule has 0 atom stereocenters. The van der Waals surface area contributed by atoms with E-state index in [0.717, 1.165) is 42.6 Å². The van der Waals surface area contributed by atoms with Crippen molar-refractivity contribution in [1.82, 2.24) is 9.55 Å². The summed E-state index contributed by atoms with van der Waals surface area (Å²) >= 11 is 0. The highest BCUT2D eigenvalue weighted by Gasteiger charge is 2.24. The van der Waals surface area contributed by atoms with Crippen LogP contribution in [0.15, 0.2) is 42.1 Å². The number of aromatic hydroxyl groups is 1. The number of phenols is 1. The molecule has 156 valence electrons. The van der Waals surface area contributed by atoms with Gasteiger partial charge in [0.1, 0.15) is 17.3 Å². The number of carbonyl (C=O) groups excluding carboxylic acids is 1. The Kier molecular flexibility index (Phi) is 5.88. The third kappa shape index (κ3) is 4.25. The van der Waals surface area contributed by atoms with E-state index in [4.69, 9.17) is 4.74 Å². The standard InChI is InChI=1S/C25H28N2O3/c1-3-4-5-6-9-18-14-19-10-11-20(25(29)30-23(19)15-22(18)28)21-16-27-12-7-8-17(2)13-24(27)26-21/h7-8,11-12,14-16,28H,3-6,9-10,13H2,1-2H3. The van der Waals surface area contributed by atoms with Crippen molar-refractivity contribution in [3.63, 3.8) is 0 Å². The van der Waals surface area contributed by atoms with Crippen LogP contribution in [-0.4, -0.2) is 20.6 Å². The van der Waals surface area contributed by atoms with Gasteiger partial charge < -0.3 is 14.4 Å². The fourth-order valence-corrected chi connectivity index (χ4v) is 3.95. The molecule has 0 radical (unpaired) electrons. The summed E-state index contributed by atoms with van der Waals surface area (Å²) in [7, 11) is 0. The second-order valence-electron chi connectivity index (χ2n) is 8.09. The number of ether oxygens (including phenoxy) is 1. The lowest BCUT2D eigenvalue weighted by Gasteiger charge is -2.11. The van der Waals surface area contributed by atoms with Crippen LogP contribution >= 0.6 is 0 Å². The summed E-state index contributed by atoms with van der Waals surface area (Å²) < 4.78 is 7.59. The van der Waals surface area contributed by atoms with Gasteiger partial charge in [-0.25, -0.2) is 9.78 Å². The van der Waals surface area contributed by atoms with E-state index in [1.807, 2.05) is 35.2 Å². The molecule has 1 N–H and O–H groups in total. The van der Waals surface area contributed by atoms with Crippen LogP contribution in [0.25, 0.3) is 11.8 Å². The van der Waals surface area contributed by atoms with E-state index in [-0.39, 0.29) is 5.75 Å². The van der Waals surface area contributed by atoms with Crippen LogP contribution in [-0.2, 0) is 24.1 Å². The highest BCUT2D eigenvalue weighted by molar-refractivity contribution is 6.17. The van der Waals surface area contributed by atoms with Crippen LogP contribution in [0.5, 0.6) is 11.5 Å². The molecule has 0 aliphatic carbocycles. The number of nitrogens with zero attached hydrogens (tertiary/aromatic N) is 2. The number of hydrogen-bond acceptors (Lipinski definition) is 4. The normalized spacial score (nSPS) is 15.5. The maximum absolute atomic E-state index is 12.8. The van der Waals surface area contributed by atoms with Crippen molar-refractivity contribution in [3.8, 4) is 11.5 Å². The molecule has 5 nitrogen and oxygen atoms in total. The summed E-state index contributed by atoms with van der Waals surface area (Å²) in [5.41, 5.74) is 4.13. The average molecular weight is 405 g/mol. The Hall–Kier alpha value is -3.08. The van der Waals surface area contributed by atoms with E-state index in [1.54, 1.807) is 6.07 Å². The highest BCUT2D eigenvalue weighted by atomic mass is 16.5. The molecular formula is C25H28N2O3. The smallest absolute Gasteiger partial charge is 0.345 e. The second kappa shape index (κ2) is 8.74. The van der Waals surface area contributed by atoms with Crippen molar-refractivity contribution in [2.45, 2.75) is 58.8 Å². The highest BCUT2D eigenvalue weighted by Crippen LogP contribution is 2.34. The van der Waals surface area contributed by atoms with Crippen LogP contribution in [0.1, 0.15) is 62.2 Å². The number of imidazole rings is 1. The molecule has 1 aromatic heterocycles. The molecule has 0 saturated heterocycles. The number of aryl methyl sites for hydroxylation is 1.